The summed E-state index contributed by atoms with van der Waals surface area (Å²) in [7, 11) is -0.776. The number of carboxylic acids is 1. The first kappa shape index (κ1) is 12.5. The number of nitrogens with one attached hydrogen (secondary N) is 1. The maximum absolute atomic E-state index is 10.6. The molecule has 0 fully saturated rings. The summed E-state index contributed by atoms with van der Waals surface area (Å²) < 4.78 is 10.6. The van der Waals surface area contributed by atoms with Gasteiger partial charge >= 0.3 is 5.97 Å². The summed E-state index contributed by atoms with van der Waals surface area (Å²) in [6.07, 6.45) is 2.42. The molecule has 4 N–H and O–H groups in total. The minimum atomic E-state index is -1.01. The molecule has 0 saturated carbocycles. The fraction of sp³-hybridized carbons (Fsp3) is 0.857. The quantitative estimate of drug-likeness (QED) is 0.455. The highest BCUT2D eigenvalue weighted by Gasteiger charge is 2.09. The minimum Gasteiger partial charge on any atom is -0.480 e. The van der Waals surface area contributed by atoms with E-state index < -0.39 is 22.8 Å². The van der Waals surface area contributed by atoms with Crippen molar-refractivity contribution in [2.75, 3.05) is 25.1 Å². The standard InChI is InChI=1S/C7H16N2O3S/c1-13(12)4-2-3-9-5-6(8)7(10)11/h6,9H,2-5,8H2,1H3,(H,10,11). The largest absolute Gasteiger partial charge is 0.480 e. The molecule has 13 heavy (non-hydrogen) atoms. The van der Waals surface area contributed by atoms with Gasteiger partial charge < -0.3 is 16.2 Å². The molecule has 6 heteroatoms. The van der Waals surface area contributed by atoms with Crippen molar-refractivity contribution >= 4 is 16.8 Å². The van der Waals surface area contributed by atoms with Crippen molar-refractivity contribution < 1.29 is 14.1 Å². The average Bonchev–Trinajstić information content (AvgIpc) is 2.02. The van der Waals surface area contributed by atoms with Gasteiger partial charge in [-0.3, -0.25) is 9.00 Å². The molecule has 5 nitrogen and oxygen atoms in total. The van der Waals surface area contributed by atoms with Gasteiger partial charge in [0, 0.05) is 29.4 Å². The summed E-state index contributed by atoms with van der Waals surface area (Å²) >= 11 is 0. The molecule has 0 amide bonds. The number of carboxylic acid groups (broad SMARTS) is 1. The zero-order valence-corrected chi connectivity index (χ0v) is 8.47. The maximum Gasteiger partial charge on any atom is 0.321 e. The van der Waals surface area contributed by atoms with Crippen molar-refractivity contribution in [1.29, 1.82) is 0 Å². The molecule has 78 valence electrons. The summed E-state index contributed by atoms with van der Waals surface area (Å²) in [4.78, 5) is 10.3. The predicted octanol–water partition coefficient (Wildman–Crippen LogP) is -1.24. The van der Waals surface area contributed by atoms with Crippen molar-refractivity contribution in [3.63, 3.8) is 0 Å². The lowest BCUT2D eigenvalue weighted by atomic mass is 10.3. The highest BCUT2D eigenvalue weighted by atomic mass is 32.2. The van der Waals surface area contributed by atoms with Gasteiger partial charge in [-0.25, -0.2) is 0 Å². The van der Waals surface area contributed by atoms with E-state index >= 15 is 0 Å². The van der Waals surface area contributed by atoms with Gasteiger partial charge in [-0.2, -0.15) is 0 Å². The molecular weight excluding hydrogens is 192 g/mol. The molecule has 0 spiro atoms. The van der Waals surface area contributed by atoms with Crippen molar-refractivity contribution in [3.8, 4) is 0 Å². The van der Waals surface area contributed by atoms with Crippen LogP contribution in [0.1, 0.15) is 6.42 Å². The van der Waals surface area contributed by atoms with E-state index in [1.165, 1.54) is 0 Å². The van der Waals surface area contributed by atoms with Crippen molar-refractivity contribution in [1.82, 2.24) is 5.32 Å². The Kier molecular flexibility index (Phi) is 6.75. The molecule has 2 unspecified atom stereocenters. The fourth-order valence-electron chi connectivity index (χ4n) is 0.745. The smallest absolute Gasteiger partial charge is 0.321 e. The first-order valence-corrected chi connectivity index (χ1v) is 5.76. The minimum absolute atomic E-state index is 0.256. The Morgan fingerprint density at radius 3 is 2.77 bits per heavy atom. The van der Waals surface area contributed by atoms with Crippen LogP contribution in [-0.4, -0.2) is 46.4 Å². The Labute approximate surface area is 80.1 Å². The topological polar surface area (TPSA) is 92.4 Å². The molecule has 0 aromatic carbocycles. The van der Waals surface area contributed by atoms with E-state index in [-0.39, 0.29) is 6.54 Å². The maximum atomic E-state index is 10.6. The monoisotopic (exact) mass is 208 g/mol. The Bertz CT molecular complexity index is 187. The number of hydrogen-bond acceptors (Lipinski definition) is 4. The zero-order valence-electron chi connectivity index (χ0n) is 7.66. The first-order chi connectivity index (χ1) is 6.04. The van der Waals surface area contributed by atoms with Crippen LogP contribution in [0, 0.1) is 0 Å². The molecule has 2 atom stereocenters. The summed E-state index contributed by atoms with van der Waals surface area (Å²) in [6.45, 7) is 0.909. The van der Waals surface area contributed by atoms with Crippen LogP contribution in [0.5, 0.6) is 0 Å². The van der Waals surface area contributed by atoms with Gasteiger partial charge in [0.25, 0.3) is 0 Å². The van der Waals surface area contributed by atoms with Gasteiger partial charge in [-0.15, -0.1) is 0 Å². The Balaban J connectivity index is 3.26. The van der Waals surface area contributed by atoms with Gasteiger partial charge in [0.2, 0.25) is 0 Å². The Hall–Kier alpha value is -0.460. The van der Waals surface area contributed by atoms with Crippen LogP contribution < -0.4 is 11.1 Å². The summed E-state index contributed by atoms with van der Waals surface area (Å²) in [5, 5.41) is 11.3. The molecular formula is C7H16N2O3S. The first-order valence-electron chi connectivity index (χ1n) is 4.03. The average molecular weight is 208 g/mol. The molecule has 0 aliphatic heterocycles. The highest BCUT2D eigenvalue weighted by Crippen LogP contribution is 1.82. The molecule has 0 heterocycles. The van der Waals surface area contributed by atoms with Crippen LogP contribution in [0.3, 0.4) is 0 Å². The number of hydrogen-bond donors (Lipinski definition) is 3. The SMILES string of the molecule is CS(=O)CCCNCC(N)C(=O)O. The Morgan fingerprint density at radius 2 is 2.31 bits per heavy atom. The van der Waals surface area contributed by atoms with E-state index in [4.69, 9.17) is 10.8 Å². The van der Waals surface area contributed by atoms with Crippen LogP contribution in [0.25, 0.3) is 0 Å². The highest BCUT2D eigenvalue weighted by molar-refractivity contribution is 7.84. The third-order valence-corrected chi connectivity index (χ3v) is 2.33. The molecule has 0 radical (unpaired) electrons. The van der Waals surface area contributed by atoms with Crippen LogP contribution in [0.15, 0.2) is 0 Å². The van der Waals surface area contributed by atoms with Crippen molar-refractivity contribution in [3.05, 3.63) is 0 Å². The van der Waals surface area contributed by atoms with Gasteiger partial charge in [-0.05, 0) is 13.0 Å². The Morgan fingerprint density at radius 1 is 1.69 bits per heavy atom. The van der Waals surface area contributed by atoms with Gasteiger partial charge in [-0.1, -0.05) is 0 Å². The molecule has 0 aliphatic rings. The fourth-order valence-corrected chi connectivity index (χ4v) is 1.30. The lowest BCUT2D eigenvalue weighted by Gasteiger charge is -2.07. The van der Waals surface area contributed by atoms with Crippen LogP contribution >= 0.6 is 0 Å². The van der Waals surface area contributed by atoms with E-state index in [1.54, 1.807) is 6.26 Å². The van der Waals surface area contributed by atoms with Crippen LogP contribution in [0.4, 0.5) is 0 Å². The van der Waals surface area contributed by atoms with Gasteiger partial charge in [0.05, 0.1) is 0 Å². The van der Waals surface area contributed by atoms with Gasteiger partial charge in [0.15, 0.2) is 0 Å². The van der Waals surface area contributed by atoms with Gasteiger partial charge in [0.1, 0.15) is 6.04 Å². The van der Waals surface area contributed by atoms with Crippen LogP contribution in [-0.2, 0) is 15.6 Å². The molecule has 0 saturated heterocycles. The second kappa shape index (κ2) is 6.99. The van der Waals surface area contributed by atoms with E-state index in [1.807, 2.05) is 0 Å². The summed E-state index contributed by atoms with van der Waals surface area (Å²) in [5.41, 5.74) is 5.24. The lowest BCUT2D eigenvalue weighted by molar-refractivity contribution is -0.138. The molecule has 0 aliphatic carbocycles. The number of aliphatic carboxylic acids is 1. The molecule has 0 aromatic heterocycles. The normalized spacial score (nSPS) is 15.2. The van der Waals surface area contributed by atoms with E-state index in [0.29, 0.717) is 12.3 Å². The second-order valence-corrected chi connectivity index (χ2v) is 4.33. The molecule has 0 rings (SSSR count). The summed E-state index contributed by atoms with van der Waals surface area (Å²) in [5.74, 6) is -0.374. The van der Waals surface area contributed by atoms with Crippen molar-refractivity contribution in [2.45, 2.75) is 12.5 Å². The third kappa shape index (κ3) is 7.89. The third-order valence-electron chi connectivity index (χ3n) is 1.47. The second-order valence-electron chi connectivity index (χ2n) is 2.78. The number of rotatable bonds is 7. The lowest BCUT2D eigenvalue weighted by Crippen LogP contribution is -2.40. The number of nitrogens with two attached hydrogens (primary N) is 1. The van der Waals surface area contributed by atoms with E-state index in [0.717, 1.165) is 6.42 Å². The zero-order chi connectivity index (χ0) is 10.3. The van der Waals surface area contributed by atoms with E-state index in [9.17, 15) is 9.00 Å². The number of carbonyl (C=O) groups is 1. The van der Waals surface area contributed by atoms with Crippen LogP contribution in [0.2, 0.25) is 0 Å². The molecule has 0 bridgehead atoms. The van der Waals surface area contributed by atoms with E-state index in [2.05, 4.69) is 5.32 Å². The van der Waals surface area contributed by atoms with Crippen molar-refractivity contribution in [2.24, 2.45) is 5.73 Å². The summed E-state index contributed by atoms with van der Waals surface area (Å²) in [6, 6.07) is -0.855. The predicted molar refractivity (Wildman–Crippen MR) is 52.0 cm³/mol. The molecule has 0 aromatic rings.